The second kappa shape index (κ2) is 6.75. The van der Waals surface area contributed by atoms with E-state index in [1.165, 1.54) is 5.56 Å². The van der Waals surface area contributed by atoms with Crippen LogP contribution in [0.15, 0.2) is 30.3 Å². The van der Waals surface area contributed by atoms with Crippen LogP contribution in [0.1, 0.15) is 29.4 Å². The van der Waals surface area contributed by atoms with E-state index >= 15 is 0 Å². The third-order valence-electron chi connectivity index (χ3n) is 4.22. The first-order chi connectivity index (χ1) is 11.5. The average Bonchev–Trinajstić information content (AvgIpc) is 3.15. The SMILES string of the molecule is Cc1ccc(-c2cc(C(=O)NCCC3(C)OCCO3)nn2C)cc1. The maximum atomic E-state index is 12.3. The third-order valence-corrected chi connectivity index (χ3v) is 4.22. The molecule has 24 heavy (non-hydrogen) atoms. The lowest BCUT2D eigenvalue weighted by molar-refractivity contribution is -0.145. The molecule has 0 unspecified atom stereocenters. The van der Waals surface area contributed by atoms with Gasteiger partial charge in [0, 0.05) is 20.0 Å². The van der Waals surface area contributed by atoms with Gasteiger partial charge in [0.25, 0.3) is 5.91 Å². The van der Waals surface area contributed by atoms with Crippen LogP contribution in [0.25, 0.3) is 11.3 Å². The van der Waals surface area contributed by atoms with Crippen molar-refractivity contribution in [2.24, 2.45) is 7.05 Å². The van der Waals surface area contributed by atoms with Gasteiger partial charge in [0.1, 0.15) is 0 Å². The van der Waals surface area contributed by atoms with Gasteiger partial charge in [0.15, 0.2) is 11.5 Å². The number of rotatable bonds is 5. The van der Waals surface area contributed by atoms with E-state index < -0.39 is 5.79 Å². The first-order valence-electron chi connectivity index (χ1n) is 8.14. The van der Waals surface area contributed by atoms with Crippen LogP contribution in [-0.2, 0) is 16.5 Å². The molecule has 1 saturated heterocycles. The number of aryl methyl sites for hydroxylation is 2. The molecule has 2 aromatic rings. The van der Waals surface area contributed by atoms with Crippen molar-refractivity contribution in [2.45, 2.75) is 26.1 Å². The predicted molar refractivity (Wildman–Crippen MR) is 90.6 cm³/mol. The van der Waals surface area contributed by atoms with E-state index in [9.17, 15) is 4.79 Å². The van der Waals surface area contributed by atoms with Crippen LogP contribution >= 0.6 is 0 Å². The van der Waals surface area contributed by atoms with E-state index in [4.69, 9.17) is 9.47 Å². The van der Waals surface area contributed by atoms with E-state index in [0.29, 0.717) is 31.9 Å². The number of nitrogens with one attached hydrogen (secondary N) is 1. The van der Waals surface area contributed by atoms with Gasteiger partial charge in [-0.1, -0.05) is 29.8 Å². The highest BCUT2D eigenvalue weighted by atomic mass is 16.7. The average molecular weight is 329 g/mol. The van der Waals surface area contributed by atoms with Crippen molar-refractivity contribution in [3.05, 3.63) is 41.6 Å². The summed E-state index contributed by atoms with van der Waals surface area (Å²) in [5.74, 6) is -0.782. The minimum Gasteiger partial charge on any atom is -0.350 e. The molecule has 0 atom stereocenters. The number of carbonyl (C=O) groups is 1. The molecule has 1 aromatic heterocycles. The summed E-state index contributed by atoms with van der Waals surface area (Å²) in [6.07, 6.45) is 0.608. The molecule has 6 nitrogen and oxygen atoms in total. The van der Waals surface area contributed by atoms with Crippen molar-refractivity contribution in [2.75, 3.05) is 19.8 Å². The molecule has 128 valence electrons. The Hall–Kier alpha value is -2.18. The third kappa shape index (κ3) is 3.66. The summed E-state index contributed by atoms with van der Waals surface area (Å²) in [5.41, 5.74) is 3.56. The van der Waals surface area contributed by atoms with Gasteiger partial charge < -0.3 is 14.8 Å². The van der Waals surface area contributed by atoms with Gasteiger partial charge in [-0.15, -0.1) is 0 Å². The van der Waals surface area contributed by atoms with Crippen molar-refractivity contribution in [1.29, 1.82) is 0 Å². The topological polar surface area (TPSA) is 65.4 Å². The lowest BCUT2D eigenvalue weighted by atomic mass is 10.1. The van der Waals surface area contributed by atoms with Crippen molar-refractivity contribution in [3.63, 3.8) is 0 Å². The second-order valence-electron chi connectivity index (χ2n) is 6.24. The number of amides is 1. The number of benzene rings is 1. The summed E-state index contributed by atoms with van der Waals surface area (Å²) in [4.78, 5) is 12.3. The highest BCUT2D eigenvalue weighted by molar-refractivity contribution is 5.93. The summed E-state index contributed by atoms with van der Waals surface area (Å²) in [6, 6.07) is 9.96. The number of hydrogen-bond donors (Lipinski definition) is 1. The normalized spacial score (nSPS) is 16.3. The number of carbonyl (C=O) groups excluding carboxylic acids is 1. The lowest BCUT2D eigenvalue weighted by Crippen LogP contribution is -2.33. The molecule has 3 rings (SSSR count). The van der Waals surface area contributed by atoms with Crippen LogP contribution in [0.4, 0.5) is 0 Å². The standard InChI is InChI=1S/C18H23N3O3/c1-13-4-6-14(7-5-13)16-12-15(20-21(16)3)17(22)19-9-8-18(2)23-10-11-24-18/h4-7,12H,8-11H2,1-3H3,(H,19,22). The molecule has 1 N–H and O–H groups in total. The van der Waals surface area contributed by atoms with Crippen LogP contribution in [0, 0.1) is 6.92 Å². The van der Waals surface area contributed by atoms with E-state index in [-0.39, 0.29) is 5.91 Å². The van der Waals surface area contributed by atoms with Crippen molar-refractivity contribution >= 4 is 5.91 Å². The minimum atomic E-state index is -0.593. The van der Waals surface area contributed by atoms with Crippen LogP contribution in [0.5, 0.6) is 0 Å². The summed E-state index contributed by atoms with van der Waals surface area (Å²) in [5, 5.41) is 7.20. The first kappa shape index (κ1) is 16.7. The number of aromatic nitrogens is 2. The molecule has 1 amide bonds. The van der Waals surface area contributed by atoms with Gasteiger partial charge in [-0.25, -0.2) is 0 Å². The van der Waals surface area contributed by atoms with Crippen LogP contribution < -0.4 is 5.32 Å². The molecule has 1 fully saturated rings. The Morgan fingerprint density at radius 2 is 1.96 bits per heavy atom. The molecular formula is C18H23N3O3. The quantitative estimate of drug-likeness (QED) is 0.914. The zero-order valence-electron chi connectivity index (χ0n) is 14.3. The summed E-state index contributed by atoms with van der Waals surface area (Å²) in [6.45, 7) is 5.62. The molecule has 0 spiro atoms. The van der Waals surface area contributed by atoms with Gasteiger partial charge in [-0.2, -0.15) is 5.10 Å². The fourth-order valence-corrected chi connectivity index (χ4v) is 2.77. The van der Waals surface area contributed by atoms with Crippen LogP contribution in [0.2, 0.25) is 0 Å². The van der Waals surface area contributed by atoms with Gasteiger partial charge in [0.2, 0.25) is 0 Å². The Kier molecular flexibility index (Phi) is 4.69. The Balaban J connectivity index is 1.63. The van der Waals surface area contributed by atoms with Gasteiger partial charge >= 0.3 is 0 Å². The largest absolute Gasteiger partial charge is 0.350 e. The maximum absolute atomic E-state index is 12.3. The fourth-order valence-electron chi connectivity index (χ4n) is 2.77. The van der Waals surface area contributed by atoms with E-state index in [1.54, 1.807) is 4.68 Å². The van der Waals surface area contributed by atoms with Crippen molar-refractivity contribution in [3.8, 4) is 11.3 Å². The molecule has 6 heteroatoms. The van der Waals surface area contributed by atoms with Crippen LogP contribution in [0.3, 0.4) is 0 Å². The predicted octanol–water partition coefficient (Wildman–Crippen LogP) is 2.28. The molecule has 2 heterocycles. The highest BCUT2D eigenvalue weighted by Crippen LogP contribution is 2.22. The van der Waals surface area contributed by atoms with E-state index in [0.717, 1.165) is 11.3 Å². The van der Waals surface area contributed by atoms with Crippen molar-refractivity contribution < 1.29 is 14.3 Å². The zero-order valence-corrected chi connectivity index (χ0v) is 14.3. The smallest absolute Gasteiger partial charge is 0.271 e. The minimum absolute atomic E-state index is 0.189. The zero-order chi connectivity index (χ0) is 17.2. The summed E-state index contributed by atoms with van der Waals surface area (Å²) < 4.78 is 12.8. The maximum Gasteiger partial charge on any atom is 0.271 e. The summed E-state index contributed by atoms with van der Waals surface area (Å²) in [7, 11) is 1.84. The Bertz CT molecular complexity index is 716. The molecule has 0 aliphatic carbocycles. The monoisotopic (exact) mass is 329 g/mol. The van der Waals surface area contributed by atoms with E-state index in [1.807, 2.05) is 51.2 Å². The Morgan fingerprint density at radius 3 is 2.62 bits per heavy atom. The highest BCUT2D eigenvalue weighted by Gasteiger charge is 2.30. The van der Waals surface area contributed by atoms with E-state index in [2.05, 4.69) is 10.4 Å². The molecular weight excluding hydrogens is 306 g/mol. The lowest BCUT2D eigenvalue weighted by Gasteiger charge is -2.21. The Morgan fingerprint density at radius 1 is 1.29 bits per heavy atom. The molecule has 0 bridgehead atoms. The Labute approximate surface area is 141 Å². The number of nitrogens with zero attached hydrogens (tertiary/aromatic N) is 2. The van der Waals surface area contributed by atoms with Crippen molar-refractivity contribution in [1.82, 2.24) is 15.1 Å². The molecule has 1 aliphatic rings. The molecule has 1 aromatic carbocycles. The molecule has 1 aliphatic heterocycles. The second-order valence-corrected chi connectivity index (χ2v) is 6.24. The van der Waals surface area contributed by atoms with Crippen LogP contribution in [-0.4, -0.2) is 41.2 Å². The fraction of sp³-hybridized carbons (Fsp3) is 0.444. The van der Waals surface area contributed by atoms with Gasteiger partial charge in [-0.05, 0) is 25.5 Å². The summed E-state index contributed by atoms with van der Waals surface area (Å²) >= 11 is 0. The first-order valence-corrected chi connectivity index (χ1v) is 8.14. The van der Waals surface area contributed by atoms with Gasteiger partial charge in [0.05, 0.1) is 18.9 Å². The number of ether oxygens (including phenoxy) is 2. The molecule has 0 saturated carbocycles. The molecule has 0 radical (unpaired) electrons. The number of hydrogen-bond acceptors (Lipinski definition) is 4. The van der Waals surface area contributed by atoms with Gasteiger partial charge in [-0.3, -0.25) is 9.48 Å².